The summed E-state index contributed by atoms with van der Waals surface area (Å²) < 4.78 is 28.6. The summed E-state index contributed by atoms with van der Waals surface area (Å²) in [5, 5.41) is 3.29. The number of carbonyl (C=O) groups excluding carboxylic acids is 2. The highest BCUT2D eigenvalue weighted by Crippen LogP contribution is 2.33. The van der Waals surface area contributed by atoms with E-state index in [1.54, 1.807) is 25.1 Å². The van der Waals surface area contributed by atoms with Crippen LogP contribution in [0, 0.1) is 6.92 Å². The molecule has 208 valence electrons. The van der Waals surface area contributed by atoms with Crippen LogP contribution in [0.15, 0.2) is 77.7 Å². The number of carbonyl (C=O) groups is 2. The maximum Gasteiger partial charge on any atom is 0.264 e. The molecule has 0 aromatic heterocycles. The number of rotatable bonds is 11. The minimum atomic E-state index is -4.23. The Balaban J connectivity index is 2.07. The lowest BCUT2D eigenvalue weighted by Crippen LogP contribution is -2.52. The molecule has 0 aliphatic heterocycles. The Kier molecular flexibility index (Phi) is 10.4. The third-order valence-corrected chi connectivity index (χ3v) is 8.89. The van der Waals surface area contributed by atoms with Crippen molar-refractivity contribution < 1.29 is 18.0 Å². The molecule has 0 unspecified atom stereocenters. The first-order valence-corrected chi connectivity index (χ1v) is 14.8. The molecule has 0 heterocycles. The average Bonchev–Trinajstić information content (AvgIpc) is 2.92. The molecule has 1 N–H and O–H groups in total. The highest BCUT2D eigenvalue weighted by molar-refractivity contribution is 7.92. The van der Waals surface area contributed by atoms with Gasteiger partial charge in [0.2, 0.25) is 11.8 Å². The highest BCUT2D eigenvalue weighted by Gasteiger charge is 2.33. The van der Waals surface area contributed by atoms with Gasteiger partial charge in [0.05, 0.1) is 15.6 Å². The number of amides is 2. The predicted octanol–water partition coefficient (Wildman–Crippen LogP) is 5.83. The van der Waals surface area contributed by atoms with Gasteiger partial charge in [0.25, 0.3) is 10.0 Å². The van der Waals surface area contributed by atoms with E-state index in [0.29, 0.717) is 0 Å². The summed E-state index contributed by atoms with van der Waals surface area (Å²) in [6.07, 6.45) is 0.723. The van der Waals surface area contributed by atoms with Gasteiger partial charge in [0, 0.05) is 17.6 Å². The number of aryl methyl sites for hydroxylation is 1. The predicted molar refractivity (Wildman–Crippen MR) is 157 cm³/mol. The first-order chi connectivity index (χ1) is 18.4. The summed E-state index contributed by atoms with van der Waals surface area (Å²) >= 11 is 12.6. The summed E-state index contributed by atoms with van der Waals surface area (Å²) in [5.74, 6) is -0.898. The first kappa shape index (κ1) is 30.5. The number of hydrogen-bond donors (Lipinski definition) is 1. The number of hydrogen-bond acceptors (Lipinski definition) is 4. The summed E-state index contributed by atoms with van der Waals surface area (Å²) in [6, 6.07) is 18.8. The second-order valence-electron chi connectivity index (χ2n) is 9.36. The fourth-order valence-corrected chi connectivity index (χ4v) is 5.81. The molecule has 3 aromatic carbocycles. The highest BCUT2D eigenvalue weighted by atomic mass is 35.5. The monoisotopic (exact) mass is 589 g/mol. The van der Waals surface area contributed by atoms with Crippen LogP contribution in [0.25, 0.3) is 0 Å². The van der Waals surface area contributed by atoms with E-state index >= 15 is 0 Å². The van der Waals surface area contributed by atoms with Crippen molar-refractivity contribution >= 4 is 50.7 Å². The van der Waals surface area contributed by atoms with E-state index in [4.69, 9.17) is 23.2 Å². The Morgan fingerprint density at radius 1 is 0.949 bits per heavy atom. The molecule has 0 spiro atoms. The van der Waals surface area contributed by atoms with Gasteiger partial charge in [-0.05, 0) is 68.7 Å². The van der Waals surface area contributed by atoms with Crippen molar-refractivity contribution in [3.8, 4) is 0 Å². The summed E-state index contributed by atoms with van der Waals surface area (Å²) in [4.78, 5) is 28.5. The molecule has 10 heteroatoms. The third-order valence-electron chi connectivity index (χ3n) is 6.56. The molecule has 0 saturated heterocycles. The maximum absolute atomic E-state index is 14.0. The molecule has 39 heavy (non-hydrogen) atoms. The first-order valence-electron chi connectivity index (χ1n) is 12.6. The minimum absolute atomic E-state index is 0.0122. The van der Waals surface area contributed by atoms with Crippen molar-refractivity contribution in [3.63, 3.8) is 0 Å². The zero-order valence-electron chi connectivity index (χ0n) is 22.4. The van der Waals surface area contributed by atoms with E-state index in [0.717, 1.165) is 21.9 Å². The molecule has 0 radical (unpaired) electrons. The molecular weight excluding hydrogens is 557 g/mol. The smallest absolute Gasteiger partial charge is 0.264 e. The molecule has 0 fully saturated rings. The average molecular weight is 591 g/mol. The topological polar surface area (TPSA) is 86.8 Å². The van der Waals surface area contributed by atoms with Gasteiger partial charge in [0.15, 0.2) is 0 Å². The molecule has 0 aliphatic carbocycles. The van der Waals surface area contributed by atoms with Crippen LogP contribution >= 0.6 is 23.2 Å². The van der Waals surface area contributed by atoms with Gasteiger partial charge in [-0.1, -0.05) is 72.6 Å². The lowest BCUT2D eigenvalue weighted by Gasteiger charge is -2.33. The lowest BCUT2D eigenvalue weighted by molar-refractivity contribution is -0.139. The molecule has 0 aliphatic rings. The van der Waals surface area contributed by atoms with Gasteiger partial charge in [-0.2, -0.15) is 0 Å². The van der Waals surface area contributed by atoms with Crippen molar-refractivity contribution in [2.45, 2.75) is 57.6 Å². The van der Waals surface area contributed by atoms with Crippen molar-refractivity contribution in [1.82, 2.24) is 10.2 Å². The van der Waals surface area contributed by atoms with E-state index in [-0.39, 0.29) is 39.1 Å². The molecule has 3 aromatic rings. The SMILES string of the molecule is CC[C@H](C)NC(=O)[C@H](C)N(Cc1ccccc1C)C(=O)CN(c1cc(Cl)ccc1Cl)S(=O)(=O)c1ccccc1. The molecule has 2 atom stereocenters. The maximum atomic E-state index is 14.0. The standard InChI is InChI=1S/C29H33Cl2N3O4S/c1-5-21(3)32-29(36)22(4)33(18-23-12-10-9-11-20(23)2)28(35)19-34(27-17-24(30)15-16-26(27)31)39(37,38)25-13-7-6-8-14-25/h6-17,21-22H,5,18-19H2,1-4H3,(H,32,36)/t21-,22-/m0/s1. The van der Waals surface area contributed by atoms with Crippen LogP contribution in [-0.4, -0.2) is 43.8 Å². The van der Waals surface area contributed by atoms with Crippen molar-refractivity contribution in [2.75, 3.05) is 10.8 Å². The van der Waals surface area contributed by atoms with E-state index in [2.05, 4.69) is 5.32 Å². The molecule has 0 bridgehead atoms. The van der Waals surface area contributed by atoms with Crippen LogP contribution < -0.4 is 9.62 Å². The van der Waals surface area contributed by atoms with E-state index < -0.39 is 28.5 Å². The van der Waals surface area contributed by atoms with E-state index in [9.17, 15) is 18.0 Å². The molecular formula is C29H33Cl2N3O4S. The van der Waals surface area contributed by atoms with Crippen molar-refractivity contribution in [3.05, 3.63) is 94.0 Å². The van der Waals surface area contributed by atoms with Gasteiger partial charge in [0.1, 0.15) is 12.6 Å². The largest absolute Gasteiger partial charge is 0.352 e. The van der Waals surface area contributed by atoms with Gasteiger partial charge in [-0.25, -0.2) is 8.42 Å². The van der Waals surface area contributed by atoms with Crippen LogP contribution in [0.4, 0.5) is 5.69 Å². The van der Waals surface area contributed by atoms with Gasteiger partial charge in [-0.3, -0.25) is 13.9 Å². The second-order valence-corrected chi connectivity index (χ2v) is 12.1. The second kappa shape index (κ2) is 13.3. The van der Waals surface area contributed by atoms with Crippen molar-refractivity contribution in [1.29, 1.82) is 0 Å². The van der Waals surface area contributed by atoms with Gasteiger partial charge >= 0.3 is 0 Å². The zero-order valence-corrected chi connectivity index (χ0v) is 24.7. The van der Waals surface area contributed by atoms with Crippen LogP contribution in [0.2, 0.25) is 10.0 Å². The summed E-state index contributed by atoms with van der Waals surface area (Å²) in [5.41, 5.74) is 1.85. The van der Waals surface area contributed by atoms with Crippen LogP contribution in [0.1, 0.15) is 38.3 Å². The van der Waals surface area contributed by atoms with Gasteiger partial charge in [-0.15, -0.1) is 0 Å². The number of sulfonamides is 1. The van der Waals surface area contributed by atoms with E-state index in [1.807, 2.05) is 45.0 Å². The molecule has 2 amide bonds. The lowest BCUT2D eigenvalue weighted by atomic mass is 10.1. The fourth-order valence-electron chi connectivity index (χ4n) is 3.93. The molecule has 7 nitrogen and oxygen atoms in total. The van der Waals surface area contributed by atoms with Crippen LogP contribution in [-0.2, 0) is 26.2 Å². The third kappa shape index (κ3) is 7.53. The summed E-state index contributed by atoms with van der Waals surface area (Å²) in [6.45, 7) is 6.91. The fraction of sp³-hybridized carbons (Fsp3) is 0.310. The Morgan fingerprint density at radius 3 is 2.23 bits per heavy atom. The Hall–Kier alpha value is -3.07. The normalized spacial score (nSPS) is 12.9. The number of nitrogens with one attached hydrogen (secondary N) is 1. The number of anilines is 1. The zero-order chi connectivity index (χ0) is 28.7. The van der Waals surface area contributed by atoms with Gasteiger partial charge < -0.3 is 10.2 Å². The molecule has 3 rings (SSSR count). The number of halogens is 2. The minimum Gasteiger partial charge on any atom is -0.352 e. The van der Waals surface area contributed by atoms with Crippen LogP contribution in [0.5, 0.6) is 0 Å². The molecule has 0 saturated carbocycles. The number of benzene rings is 3. The van der Waals surface area contributed by atoms with Crippen molar-refractivity contribution in [2.24, 2.45) is 0 Å². The Labute approximate surface area is 240 Å². The Morgan fingerprint density at radius 2 is 1.59 bits per heavy atom. The number of nitrogens with zero attached hydrogens (tertiary/aromatic N) is 2. The van der Waals surface area contributed by atoms with Crippen LogP contribution in [0.3, 0.4) is 0 Å². The quantitative estimate of drug-likeness (QED) is 0.305. The van der Waals surface area contributed by atoms with E-state index in [1.165, 1.54) is 35.2 Å². The summed E-state index contributed by atoms with van der Waals surface area (Å²) in [7, 11) is -4.23. The Bertz CT molecular complexity index is 1420.